The van der Waals surface area contributed by atoms with Crippen molar-refractivity contribution in [3.63, 3.8) is 0 Å². The molecule has 10 nitrogen and oxygen atoms in total. The summed E-state index contributed by atoms with van der Waals surface area (Å²) >= 11 is 9.09. The van der Waals surface area contributed by atoms with Crippen LogP contribution in [0.2, 0.25) is 5.02 Å². The van der Waals surface area contributed by atoms with Crippen LogP contribution in [-0.4, -0.2) is 30.3 Å². The molecule has 0 amide bonds. The van der Waals surface area contributed by atoms with Crippen molar-refractivity contribution >= 4 is 33.5 Å². The van der Waals surface area contributed by atoms with Crippen molar-refractivity contribution in [2.45, 2.75) is 13.8 Å². The third-order valence-corrected chi connectivity index (χ3v) is 4.60. The fraction of sp³-hybridized carbons (Fsp3) is 0.133. The predicted molar refractivity (Wildman–Crippen MR) is 97.0 cm³/mol. The highest BCUT2D eigenvalue weighted by Gasteiger charge is 2.25. The number of nitro benzene ring substituents is 1. The number of nitro groups is 1. The molecule has 0 saturated carbocycles. The second-order valence-corrected chi connectivity index (χ2v) is 6.14. The Morgan fingerprint density at radius 1 is 1.30 bits per heavy atom. The van der Waals surface area contributed by atoms with Gasteiger partial charge in [-0.1, -0.05) is 16.8 Å². The number of aromatic nitrogens is 3. The molecule has 0 aliphatic heterocycles. The summed E-state index contributed by atoms with van der Waals surface area (Å²) < 4.78 is 10.2. The minimum atomic E-state index is -0.858. The number of hydrogen-bond acceptors (Lipinski definition) is 9. The van der Waals surface area contributed by atoms with E-state index in [1.165, 1.54) is 0 Å². The second-order valence-electron chi connectivity index (χ2n) is 5.44. The number of aromatic hydroxyl groups is 2. The number of rotatable bonds is 4. The molecule has 3 rings (SSSR count). The van der Waals surface area contributed by atoms with Gasteiger partial charge in [0.2, 0.25) is 17.5 Å². The minimum absolute atomic E-state index is 0.0425. The van der Waals surface area contributed by atoms with E-state index >= 15 is 0 Å². The van der Waals surface area contributed by atoms with E-state index in [9.17, 15) is 20.3 Å². The molecule has 0 fully saturated rings. The zero-order valence-corrected chi connectivity index (χ0v) is 16.1. The van der Waals surface area contributed by atoms with Gasteiger partial charge in [-0.25, -0.2) is 4.98 Å². The van der Waals surface area contributed by atoms with Crippen LogP contribution in [0.15, 0.2) is 16.7 Å². The van der Waals surface area contributed by atoms with E-state index in [1.54, 1.807) is 13.8 Å². The molecule has 27 heavy (non-hydrogen) atoms. The van der Waals surface area contributed by atoms with E-state index in [0.717, 1.165) is 12.1 Å². The van der Waals surface area contributed by atoms with Gasteiger partial charge >= 0.3 is 5.69 Å². The van der Waals surface area contributed by atoms with Gasteiger partial charge in [0.05, 0.1) is 26.8 Å². The summed E-state index contributed by atoms with van der Waals surface area (Å²) in [5, 5.41) is 34.5. The molecule has 0 aliphatic rings. The van der Waals surface area contributed by atoms with Crippen LogP contribution < -0.4 is 3.83 Å². The van der Waals surface area contributed by atoms with Gasteiger partial charge in [-0.3, -0.25) is 10.1 Å². The lowest BCUT2D eigenvalue weighted by Crippen LogP contribution is -1.97. The van der Waals surface area contributed by atoms with Crippen LogP contribution in [0.25, 0.3) is 22.8 Å². The fourth-order valence-electron chi connectivity index (χ4n) is 2.43. The third-order valence-electron chi connectivity index (χ3n) is 3.74. The van der Waals surface area contributed by atoms with Crippen LogP contribution in [-0.2, 0) is 0 Å². The number of hydrogen-bond donors (Lipinski definition) is 2. The minimum Gasteiger partial charge on any atom is -0.504 e. The van der Waals surface area contributed by atoms with Crippen LogP contribution in [0, 0.1) is 24.0 Å². The molecule has 0 bridgehead atoms. The van der Waals surface area contributed by atoms with E-state index in [0.29, 0.717) is 21.8 Å². The smallest absolute Gasteiger partial charge is 0.315 e. The summed E-state index contributed by atoms with van der Waals surface area (Å²) in [7, 11) is 0. The molecule has 140 valence electrons. The maximum atomic E-state index is 11.0. The van der Waals surface area contributed by atoms with Gasteiger partial charge in [0, 0.05) is 6.07 Å². The van der Waals surface area contributed by atoms with Gasteiger partial charge in [0.1, 0.15) is 0 Å². The first-order chi connectivity index (χ1) is 12.7. The van der Waals surface area contributed by atoms with Crippen LogP contribution in [0.1, 0.15) is 11.3 Å². The Morgan fingerprint density at radius 3 is 2.63 bits per heavy atom. The van der Waals surface area contributed by atoms with E-state index in [4.69, 9.17) is 20.0 Å². The zero-order chi connectivity index (χ0) is 19.9. The highest BCUT2D eigenvalue weighted by atomic mass is 79.9. The maximum absolute atomic E-state index is 11.0. The monoisotopic (exact) mass is 456 g/mol. The Bertz CT molecular complexity index is 1070. The first-order valence-electron chi connectivity index (χ1n) is 7.24. The Morgan fingerprint density at radius 2 is 2.00 bits per heavy atom. The summed E-state index contributed by atoms with van der Waals surface area (Å²) in [4.78, 5) is 18.5. The highest BCUT2D eigenvalue weighted by Crippen LogP contribution is 2.40. The van der Waals surface area contributed by atoms with E-state index in [2.05, 4.69) is 31.4 Å². The van der Waals surface area contributed by atoms with Crippen LogP contribution in [0.5, 0.6) is 17.4 Å². The Kier molecular flexibility index (Phi) is 4.89. The third kappa shape index (κ3) is 3.26. The number of halogens is 2. The van der Waals surface area contributed by atoms with Gasteiger partial charge in [-0.15, -0.1) is 0 Å². The Hall–Kier alpha value is -2.92. The molecule has 2 N–H and O–H groups in total. The summed E-state index contributed by atoms with van der Waals surface area (Å²) in [6.45, 7) is 3.42. The number of nitrogens with zero attached hydrogens (tertiary/aromatic N) is 4. The lowest BCUT2D eigenvalue weighted by atomic mass is 10.1. The largest absolute Gasteiger partial charge is 0.504 e. The van der Waals surface area contributed by atoms with Crippen molar-refractivity contribution < 1.29 is 23.5 Å². The molecule has 0 spiro atoms. The summed E-state index contributed by atoms with van der Waals surface area (Å²) in [6, 6.07) is 2.07. The van der Waals surface area contributed by atoms with Crippen LogP contribution >= 0.6 is 27.9 Å². The molecule has 3 aromatic rings. The second kappa shape index (κ2) is 7.00. The fourth-order valence-corrected chi connectivity index (χ4v) is 2.80. The molecule has 12 heteroatoms. The first kappa shape index (κ1) is 18.9. The Balaban J connectivity index is 2.15. The van der Waals surface area contributed by atoms with Crippen molar-refractivity contribution in [2.75, 3.05) is 0 Å². The Labute approximate surface area is 165 Å². The molecular formula is C15H10BrClN4O6. The van der Waals surface area contributed by atoms with Gasteiger partial charge in [-0.05, 0) is 25.5 Å². The van der Waals surface area contributed by atoms with Crippen molar-refractivity contribution in [1.82, 2.24) is 15.1 Å². The molecular weight excluding hydrogens is 448 g/mol. The quantitative estimate of drug-likeness (QED) is 0.336. The van der Waals surface area contributed by atoms with E-state index in [-0.39, 0.29) is 23.2 Å². The first-order valence-corrected chi connectivity index (χ1v) is 8.27. The average Bonchev–Trinajstić information content (AvgIpc) is 3.10. The van der Waals surface area contributed by atoms with Gasteiger partial charge < -0.3 is 18.6 Å². The molecule has 2 heterocycles. The maximum Gasteiger partial charge on any atom is 0.315 e. The lowest BCUT2D eigenvalue weighted by Gasteiger charge is -2.09. The van der Waals surface area contributed by atoms with Crippen LogP contribution in [0.3, 0.4) is 0 Å². The van der Waals surface area contributed by atoms with Crippen molar-refractivity contribution in [3.05, 3.63) is 38.5 Å². The average molecular weight is 458 g/mol. The molecule has 0 radical (unpaired) electrons. The molecule has 0 unspecified atom stereocenters. The summed E-state index contributed by atoms with van der Waals surface area (Å²) in [5.41, 5.74) is 0.821. The number of phenolic OH excluding ortho intramolecular Hbond substituents is 2. The SMILES string of the molecule is Cc1nc(OBr)c(-c2noc(-c3cc(O)c(O)c([N+](=O)[O-])c3)n2)c(C)c1Cl. The molecule has 1 aromatic carbocycles. The molecule has 0 saturated heterocycles. The van der Waals surface area contributed by atoms with Crippen molar-refractivity contribution in [3.8, 4) is 40.2 Å². The van der Waals surface area contributed by atoms with Gasteiger partial charge in [0.25, 0.3) is 5.89 Å². The standard InChI is InChI=1S/C15H10BrClN4O6/c1-5-10(15(26-16)18-6(2)11(5)17)13-19-14(27-20-13)7-3-8(21(24)25)12(23)9(22)4-7/h3-4,22-23H,1-2H3. The van der Waals surface area contributed by atoms with Crippen LogP contribution in [0.4, 0.5) is 5.69 Å². The number of benzene rings is 1. The zero-order valence-electron chi connectivity index (χ0n) is 13.7. The van der Waals surface area contributed by atoms with Crippen molar-refractivity contribution in [2.24, 2.45) is 0 Å². The van der Waals surface area contributed by atoms with E-state index < -0.39 is 22.1 Å². The van der Waals surface area contributed by atoms with Gasteiger partial charge in [0.15, 0.2) is 22.0 Å². The predicted octanol–water partition coefficient (Wildman–Crippen LogP) is 4.08. The number of phenols is 2. The number of pyridine rings is 1. The topological polar surface area (TPSA) is 145 Å². The van der Waals surface area contributed by atoms with Gasteiger partial charge in [-0.2, -0.15) is 4.98 Å². The number of aryl methyl sites for hydroxylation is 1. The molecule has 0 aliphatic carbocycles. The molecule has 2 aromatic heterocycles. The molecule has 0 atom stereocenters. The van der Waals surface area contributed by atoms with Crippen molar-refractivity contribution in [1.29, 1.82) is 0 Å². The highest BCUT2D eigenvalue weighted by molar-refractivity contribution is 9.06. The lowest BCUT2D eigenvalue weighted by molar-refractivity contribution is -0.385. The normalized spacial score (nSPS) is 10.8. The summed E-state index contributed by atoms with van der Waals surface area (Å²) in [6.07, 6.45) is 0. The summed E-state index contributed by atoms with van der Waals surface area (Å²) in [5.74, 6) is -1.45. The van der Waals surface area contributed by atoms with E-state index in [1.807, 2.05) is 0 Å².